The molecule has 1 unspecified atom stereocenters. The van der Waals surface area contributed by atoms with Crippen LogP contribution in [0.25, 0.3) is 0 Å². The first-order chi connectivity index (χ1) is 9.29. The van der Waals surface area contributed by atoms with Gasteiger partial charge in [0.15, 0.2) is 0 Å². The number of benzene rings is 1. The lowest BCUT2D eigenvalue weighted by atomic mass is 10.1. The summed E-state index contributed by atoms with van der Waals surface area (Å²) in [5.74, 6) is -2.57. The van der Waals surface area contributed by atoms with Gasteiger partial charge < -0.3 is 10.4 Å². The van der Waals surface area contributed by atoms with E-state index in [-0.39, 0.29) is 11.1 Å². The zero-order valence-electron chi connectivity index (χ0n) is 10.3. The van der Waals surface area contributed by atoms with E-state index in [0.717, 1.165) is 0 Å². The van der Waals surface area contributed by atoms with E-state index in [1.54, 1.807) is 0 Å². The number of carbonyl (C=O) groups is 2. The van der Waals surface area contributed by atoms with Gasteiger partial charge in [-0.25, -0.2) is 4.79 Å². The number of halogens is 3. The molecular formula is C13H12F3NO3. The predicted octanol–water partition coefficient (Wildman–Crippen LogP) is 2.46. The molecule has 0 bridgehead atoms. The third kappa shape index (κ3) is 3.28. The number of amides is 1. The van der Waals surface area contributed by atoms with Crippen molar-refractivity contribution in [2.24, 2.45) is 5.92 Å². The van der Waals surface area contributed by atoms with Crippen LogP contribution in [0.4, 0.5) is 13.2 Å². The highest BCUT2D eigenvalue weighted by molar-refractivity contribution is 5.96. The van der Waals surface area contributed by atoms with Crippen LogP contribution in [0.15, 0.2) is 24.3 Å². The molecule has 1 aromatic rings. The number of carboxylic acids is 1. The van der Waals surface area contributed by atoms with E-state index in [1.165, 1.54) is 24.3 Å². The monoisotopic (exact) mass is 287 g/mol. The fourth-order valence-electron chi connectivity index (χ4n) is 1.89. The van der Waals surface area contributed by atoms with Crippen LogP contribution in [0, 0.1) is 5.92 Å². The van der Waals surface area contributed by atoms with Crippen molar-refractivity contribution in [3.05, 3.63) is 35.4 Å². The van der Waals surface area contributed by atoms with Gasteiger partial charge in [-0.15, -0.1) is 0 Å². The van der Waals surface area contributed by atoms with Gasteiger partial charge in [0, 0.05) is 5.56 Å². The molecule has 0 heterocycles. The van der Waals surface area contributed by atoms with E-state index in [4.69, 9.17) is 5.11 Å². The number of carbonyl (C=O) groups excluding carboxylic acids is 1. The molecule has 1 saturated carbocycles. The maximum atomic E-state index is 12.8. The molecule has 0 aromatic heterocycles. The number of alkyl halides is 3. The van der Waals surface area contributed by atoms with E-state index in [9.17, 15) is 22.8 Å². The molecule has 2 rings (SSSR count). The minimum absolute atomic E-state index is 0.00454. The Kier molecular flexibility index (Phi) is 3.69. The molecule has 1 aliphatic carbocycles. The fourth-order valence-corrected chi connectivity index (χ4v) is 1.89. The quantitative estimate of drug-likeness (QED) is 0.894. The summed E-state index contributed by atoms with van der Waals surface area (Å²) in [6.07, 6.45) is -3.58. The number of carboxylic acid groups (broad SMARTS) is 1. The number of aromatic carboxylic acids is 1. The molecule has 4 nitrogen and oxygen atoms in total. The number of nitrogens with one attached hydrogen (secondary N) is 1. The molecule has 0 radical (unpaired) electrons. The van der Waals surface area contributed by atoms with Crippen molar-refractivity contribution < 1.29 is 27.9 Å². The van der Waals surface area contributed by atoms with Crippen molar-refractivity contribution in [3.8, 4) is 0 Å². The smallest absolute Gasteiger partial charge is 0.408 e. The zero-order valence-corrected chi connectivity index (χ0v) is 10.3. The second kappa shape index (κ2) is 5.15. The van der Waals surface area contributed by atoms with E-state index in [1.807, 2.05) is 5.32 Å². The summed E-state index contributed by atoms with van der Waals surface area (Å²) >= 11 is 0. The molecule has 0 spiro atoms. The molecular weight excluding hydrogens is 275 g/mol. The Morgan fingerprint density at radius 2 is 1.65 bits per heavy atom. The second-order valence-electron chi connectivity index (χ2n) is 4.71. The molecule has 0 aliphatic heterocycles. The lowest BCUT2D eigenvalue weighted by molar-refractivity contribution is -0.158. The molecule has 1 atom stereocenters. The summed E-state index contributed by atoms with van der Waals surface area (Å²) in [4.78, 5) is 22.4. The van der Waals surface area contributed by atoms with Crippen molar-refractivity contribution >= 4 is 11.9 Å². The zero-order chi connectivity index (χ0) is 14.9. The average molecular weight is 287 g/mol. The Bertz CT molecular complexity index is 521. The standard InChI is InChI=1S/C13H12F3NO3/c14-13(15,16)10(7-1-2-7)17-11(18)8-3-5-9(6-4-8)12(19)20/h3-7,10H,1-2H2,(H,17,18)(H,19,20). The highest BCUT2D eigenvalue weighted by atomic mass is 19.4. The minimum atomic E-state index is -4.47. The molecule has 108 valence electrons. The van der Waals surface area contributed by atoms with Gasteiger partial charge in [-0.1, -0.05) is 0 Å². The van der Waals surface area contributed by atoms with Crippen molar-refractivity contribution in [1.82, 2.24) is 5.32 Å². The first kappa shape index (κ1) is 14.4. The van der Waals surface area contributed by atoms with Gasteiger partial charge in [0.25, 0.3) is 5.91 Å². The summed E-state index contributed by atoms with van der Waals surface area (Å²) in [6.45, 7) is 0. The van der Waals surface area contributed by atoms with Crippen LogP contribution in [0.5, 0.6) is 0 Å². The van der Waals surface area contributed by atoms with Crippen molar-refractivity contribution in [2.75, 3.05) is 0 Å². The topological polar surface area (TPSA) is 66.4 Å². The van der Waals surface area contributed by atoms with Crippen LogP contribution in [-0.2, 0) is 0 Å². The average Bonchev–Trinajstić information content (AvgIpc) is 3.18. The number of hydrogen-bond donors (Lipinski definition) is 2. The minimum Gasteiger partial charge on any atom is -0.478 e. The van der Waals surface area contributed by atoms with Crippen LogP contribution in [0.3, 0.4) is 0 Å². The van der Waals surface area contributed by atoms with Crippen LogP contribution in [0.1, 0.15) is 33.6 Å². The van der Waals surface area contributed by atoms with Crippen LogP contribution >= 0.6 is 0 Å². The summed E-state index contributed by atoms with van der Waals surface area (Å²) in [5.41, 5.74) is -0.0268. The van der Waals surface area contributed by atoms with Crippen LogP contribution < -0.4 is 5.32 Å². The molecule has 1 aromatic carbocycles. The highest BCUT2D eigenvalue weighted by Crippen LogP contribution is 2.40. The lowest BCUT2D eigenvalue weighted by Crippen LogP contribution is -2.46. The van der Waals surface area contributed by atoms with Crippen molar-refractivity contribution in [1.29, 1.82) is 0 Å². The van der Waals surface area contributed by atoms with E-state index in [2.05, 4.69) is 0 Å². The first-order valence-corrected chi connectivity index (χ1v) is 6.00. The number of hydrogen-bond acceptors (Lipinski definition) is 2. The predicted molar refractivity (Wildman–Crippen MR) is 63.4 cm³/mol. The van der Waals surface area contributed by atoms with Gasteiger partial charge in [-0.3, -0.25) is 4.79 Å². The Hall–Kier alpha value is -2.05. The Labute approximate surface area is 112 Å². The Balaban J connectivity index is 2.08. The van der Waals surface area contributed by atoms with Crippen LogP contribution in [-0.4, -0.2) is 29.2 Å². The van der Waals surface area contributed by atoms with Gasteiger partial charge in [-0.2, -0.15) is 13.2 Å². The third-order valence-corrected chi connectivity index (χ3v) is 3.13. The largest absolute Gasteiger partial charge is 0.478 e. The van der Waals surface area contributed by atoms with E-state index >= 15 is 0 Å². The molecule has 1 amide bonds. The molecule has 2 N–H and O–H groups in total. The van der Waals surface area contributed by atoms with Gasteiger partial charge in [-0.05, 0) is 43.0 Å². The molecule has 1 aliphatic rings. The fraction of sp³-hybridized carbons (Fsp3) is 0.385. The van der Waals surface area contributed by atoms with E-state index in [0.29, 0.717) is 12.8 Å². The molecule has 7 heteroatoms. The lowest BCUT2D eigenvalue weighted by Gasteiger charge is -2.21. The van der Waals surface area contributed by atoms with Gasteiger partial charge in [0.05, 0.1) is 5.56 Å². The summed E-state index contributed by atoms with van der Waals surface area (Å²) < 4.78 is 38.3. The summed E-state index contributed by atoms with van der Waals surface area (Å²) in [6, 6.07) is 2.90. The van der Waals surface area contributed by atoms with Crippen molar-refractivity contribution in [3.63, 3.8) is 0 Å². The second-order valence-corrected chi connectivity index (χ2v) is 4.71. The van der Waals surface area contributed by atoms with Gasteiger partial charge >= 0.3 is 12.1 Å². The Morgan fingerprint density at radius 3 is 2.05 bits per heavy atom. The Morgan fingerprint density at radius 1 is 1.15 bits per heavy atom. The molecule has 20 heavy (non-hydrogen) atoms. The van der Waals surface area contributed by atoms with Gasteiger partial charge in [0.1, 0.15) is 6.04 Å². The first-order valence-electron chi connectivity index (χ1n) is 6.00. The normalized spacial score (nSPS) is 16.6. The van der Waals surface area contributed by atoms with Gasteiger partial charge in [0.2, 0.25) is 0 Å². The van der Waals surface area contributed by atoms with E-state index < -0.39 is 30.0 Å². The third-order valence-electron chi connectivity index (χ3n) is 3.13. The maximum Gasteiger partial charge on any atom is 0.408 e. The summed E-state index contributed by atoms with van der Waals surface area (Å²) in [7, 11) is 0. The summed E-state index contributed by atoms with van der Waals surface area (Å²) in [5, 5.41) is 10.7. The number of rotatable bonds is 4. The maximum absolute atomic E-state index is 12.8. The SMILES string of the molecule is O=C(O)c1ccc(C(=O)NC(C2CC2)C(F)(F)F)cc1. The van der Waals surface area contributed by atoms with Crippen molar-refractivity contribution in [2.45, 2.75) is 25.1 Å². The molecule has 0 saturated heterocycles. The molecule has 1 fully saturated rings. The van der Waals surface area contributed by atoms with Crippen LogP contribution in [0.2, 0.25) is 0 Å². The highest BCUT2D eigenvalue weighted by Gasteiger charge is 2.49.